The predicted octanol–water partition coefficient (Wildman–Crippen LogP) is 2.28. The fraction of sp³-hybridized carbons (Fsp3) is 0.500. The lowest BCUT2D eigenvalue weighted by Gasteiger charge is -2.32. The second-order valence-electron chi connectivity index (χ2n) is 4.57. The van der Waals surface area contributed by atoms with Crippen LogP contribution < -0.4 is 0 Å². The molecule has 0 radical (unpaired) electrons. The van der Waals surface area contributed by atoms with Crippen LogP contribution in [0, 0.1) is 6.92 Å². The monoisotopic (exact) mass is 274 g/mol. The first-order valence-electron chi connectivity index (χ1n) is 5.44. The van der Waals surface area contributed by atoms with E-state index in [2.05, 4.69) is 0 Å². The quantitative estimate of drug-likeness (QED) is 0.834. The Morgan fingerprint density at radius 2 is 1.83 bits per heavy atom. The predicted molar refractivity (Wildman–Crippen MR) is 67.6 cm³/mol. The van der Waals surface area contributed by atoms with Gasteiger partial charge in [-0.25, -0.2) is 4.18 Å². The highest BCUT2D eigenvalue weighted by Crippen LogP contribution is 2.34. The van der Waals surface area contributed by atoms with Gasteiger partial charge in [-0.1, -0.05) is 24.3 Å². The van der Waals surface area contributed by atoms with Crippen LogP contribution in [0.5, 0.6) is 0 Å². The zero-order chi connectivity index (χ0) is 14.0. The Bertz CT molecular complexity index is 507. The number of ether oxygens (including phenoxy) is 1. The first kappa shape index (κ1) is 15.1. The Hall–Kier alpha value is -0.950. The summed E-state index contributed by atoms with van der Waals surface area (Å²) in [7, 11) is -3.10. The van der Waals surface area contributed by atoms with E-state index >= 15 is 0 Å². The first-order valence-corrected chi connectivity index (χ1v) is 6.80. The zero-order valence-corrected chi connectivity index (χ0v) is 11.7. The van der Waals surface area contributed by atoms with E-state index in [1.807, 2.05) is 19.1 Å². The van der Waals surface area contributed by atoms with Crippen molar-refractivity contribution >= 4 is 10.4 Å². The van der Waals surface area contributed by atoms with E-state index in [0.717, 1.165) is 5.56 Å². The van der Waals surface area contributed by atoms with Crippen molar-refractivity contribution in [1.82, 2.24) is 0 Å². The molecular weight excluding hydrogens is 256 g/mol. The Kier molecular flexibility index (Phi) is 4.50. The third kappa shape index (κ3) is 3.78. The van der Waals surface area contributed by atoms with Gasteiger partial charge in [-0.15, -0.1) is 0 Å². The Labute approximate surface area is 108 Å². The largest absolute Gasteiger partial charge is 0.398 e. The van der Waals surface area contributed by atoms with Gasteiger partial charge in [0.25, 0.3) is 0 Å². The van der Waals surface area contributed by atoms with Crippen molar-refractivity contribution in [3.05, 3.63) is 35.4 Å². The van der Waals surface area contributed by atoms with Crippen LogP contribution in [0.15, 0.2) is 24.3 Å². The average Bonchev–Trinajstić information content (AvgIpc) is 2.26. The number of benzene rings is 1. The van der Waals surface area contributed by atoms with Gasteiger partial charge >= 0.3 is 10.4 Å². The van der Waals surface area contributed by atoms with Gasteiger partial charge in [-0.2, -0.15) is 8.42 Å². The molecule has 1 N–H and O–H groups in total. The van der Waals surface area contributed by atoms with Crippen LogP contribution in [0.1, 0.15) is 31.1 Å². The molecule has 1 aromatic rings. The Morgan fingerprint density at radius 1 is 1.28 bits per heavy atom. The fourth-order valence-electron chi connectivity index (χ4n) is 1.65. The molecule has 0 fully saturated rings. The standard InChI is InChI=1S/C12H18O5S/c1-9-7-5-6-8-10(9)11(12(2,3)16-4)17-18(13,14)15/h5-8,11H,1-4H3,(H,13,14,15). The molecule has 0 spiro atoms. The van der Waals surface area contributed by atoms with Crippen molar-refractivity contribution in [3.8, 4) is 0 Å². The third-order valence-corrected chi connectivity index (χ3v) is 3.28. The fourth-order valence-corrected chi connectivity index (χ4v) is 2.23. The van der Waals surface area contributed by atoms with E-state index in [9.17, 15) is 8.42 Å². The van der Waals surface area contributed by atoms with Crippen molar-refractivity contribution in [2.45, 2.75) is 32.5 Å². The molecule has 0 saturated carbocycles. The highest BCUT2D eigenvalue weighted by atomic mass is 32.3. The van der Waals surface area contributed by atoms with E-state index < -0.39 is 22.1 Å². The van der Waals surface area contributed by atoms with E-state index in [4.69, 9.17) is 13.5 Å². The first-order chi connectivity index (χ1) is 8.17. The molecule has 6 heteroatoms. The number of rotatable bonds is 5. The molecular formula is C12H18O5S. The molecule has 0 aromatic heterocycles. The van der Waals surface area contributed by atoms with Crippen molar-refractivity contribution in [2.24, 2.45) is 0 Å². The number of hydrogen-bond acceptors (Lipinski definition) is 4. The summed E-state index contributed by atoms with van der Waals surface area (Å²) in [5, 5.41) is 0. The van der Waals surface area contributed by atoms with E-state index in [-0.39, 0.29) is 0 Å². The van der Waals surface area contributed by atoms with Crippen molar-refractivity contribution in [1.29, 1.82) is 0 Å². The minimum Gasteiger partial charge on any atom is -0.376 e. The SMILES string of the molecule is COC(C)(C)C(OS(=O)(=O)O)c1ccccc1C. The lowest BCUT2D eigenvalue weighted by Crippen LogP contribution is -2.35. The van der Waals surface area contributed by atoms with Gasteiger partial charge in [0.05, 0.1) is 5.60 Å². The van der Waals surface area contributed by atoms with E-state index in [1.165, 1.54) is 7.11 Å². The topological polar surface area (TPSA) is 72.8 Å². The van der Waals surface area contributed by atoms with Gasteiger partial charge < -0.3 is 4.74 Å². The molecule has 0 aliphatic heterocycles. The highest BCUT2D eigenvalue weighted by molar-refractivity contribution is 7.80. The molecule has 0 saturated heterocycles. The maximum absolute atomic E-state index is 11.0. The molecule has 1 aromatic carbocycles. The summed E-state index contributed by atoms with van der Waals surface area (Å²) in [5.41, 5.74) is 0.611. The molecule has 102 valence electrons. The highest BCUT2D eigenvalue weighted by Gasteiger charge is 2.36. The molecule has 0 heterocycles. The van der Waals surface area contributed by atoms with Gasteiger partial charge in [0.15, 0.2) is 0 Å². The van der Waals surface area contributed by atoms with Crippen LogP contribution in [0.25, 0.3) is 0 Å². The molecule has 5 nitrogen and oxygen atoms in total. The van der Waals surface area contributed by atoms with Crippen LogP contribution in [0.3, 0.4) is 0 Å². The minimum atomic E-state index is -4.56. The summed E-state index contributed by atoms with van der Waals surface area (Å²) in [6.45, 7) is 5.21. The van der Waals surface area contributed by atoms with Crippen molar-refractivity contribution < 1.29 is 21.9 Å². The molecule has 18 heavy (non-hydrogen) atoms. The second-order valence-corrected chi connectivity index (χ2v) is 5.62. The Balaban J connectivity index is 3.26. The lowest BCUT2D eigenvalue weighted by atomic mass is 9.92. The van der Waals surface area contributed by atoms with Crippen LogP contribution in [0.4, 0.5) is 0 Å². The number of aryl methyl sites for hydroxylation is 1. The molecule has 0 aliphatic carbocycles. The maximum atomic E-state index is 11.0. The summed E-state index contributed by atoms with van der Waals surface area (Å²) in [6, 6.07) is 7.19. The van der Waals surface area contributed by atoms with Crippen molar-refractivity contribution in [2.75, 3.05) is 7.11 Å². The van der Waals surface area contributed by atoms with Crippen molar-refractivity contribution in [3.63, 3.8) is 0 Å². The molecule has 0 bridgehead atoms. The van der Waals surface area contributed by atoms with Gasteiger partial charge in [-0.05, 0) is 31.9 Å². The summed E-state index contributed by atoms with van der Waals surface area (Å²) in [6.07, 6.45) is -0.918. The summed E-state index contributed by atoms with van der Waals surface area (Å²) >= 11 is 0. The summed E-state index contributed by atoms with van der Waals surface area (Å²) in [5.74, 6) is 0. The zero-order valence-electron chi connectivity index (χ0n) is 10.9. The molecule has 1 atom stereocenters. The summed E-state index contributed by atoms with van der Waals surface area (Å²) < 4.78 is 40.8. The normalized spacial score (nSPS) is 14.5. The molecule has 1 unspecified atom stereocenters. The second kappa shape index (κ2) is 5.36. The molecule has 0 aliphatic rings. The maximum Gasteiger partial charge on any atom is 0.398 e. The van der Waals surface area contributed by atoms with E-state index in [1.54, 1.807) is 26.0 Å². The molecule has 1 rings (SSSR count). The van der Waals surface area contributed by atoms with Crippen LogP contribution in [-0.4, -0.2) is 25.7 Å². The average molecular weight is 274 g/mol. The van der Waals surface area contributed by atoms with Gasteiger partial charge in [0.2, 0.25) is 0 Å². The summed E-state index contributed by atoms with van der Waals surface area (Å²) in [4.78, 5) is 0. The third-order valence-electron chi connectivity index (χ3n) is 2.85. The van der Waals surface area contributed by atoms with Crippen LogP contribution >= 0.6 is 0 Å². The Morgan fingerprint density at radius 3 is 2.28 bits per heavy atom. The van der Waals surface area contributed by atoms with Gasteiger partial charge in [0, 0.05) is 7.11 Å². The smallest absolute Gasteiger partial charge is 0.376 e. The number of hydrogen-bond donors (Lipinski definition) is 1. The van der Waals surface area contributed by atoms with Gasteiger partial charge in [0.1, 0.15) is 6.10 Å². The van der Waals surface area contributed by atoms with Crippen LogP contribution in [-0.2, 0) is 19.3 Å². The number of methoxy groups -OCH3 is 1. The van der Waals surface area contributed by atoms with E-state index in [0.29, 0.717) is 5.56 Å². The molecule has 0 amide bonds. The minimum absolute atomic E-state index is 0.655. The van der Waals surface area contributed by atoms with Gasteiger partial charge in [-0.3, -0.25) is 4.55 Å². The lowest BCUT2D eigenvalue weighted by molar-refractivity contribution is -0.0687. The van der Waals surface area contributed by atoms with Crippen LogP contribution in [0.2, 0.25) is 0 Å².